The molecule has 3 N–H and O–H groups in total. The average molecular weight is 236 g/mol. The largest absolute Gasteiger partial charge is 0.324 e. The lowest BCUT2D eigenvalue weighted by molar-refractivity contribution is 0.362. The molecule has 17 heavy (non-hydrogen) atoms. The fraction of sp³-hybridized carbons (Fsp3) is 0.571. The lowest BCUT2D eigenvalue weighted by Crippen LogP contribution is -2.36. The van der Waals surface area contributed by atoms with Crippen molar-refractivity contribution in [3.8, 4) is 0 Å². The molecule has 2 rings (SSSR count). The van der Waals surface area contributed by atoms with E-state index in [1.54, 1.807) is 13.0 Å². The van der Waals surface area contributed by atoms with E-state index in [1.165, 1.54) is 25.3 Å². The zero-order valence-electron chi connectivity index (χ0n) is 10.4. The molecule has 0 aromatic heterocycles. The van der Waals surface area contributed by atoms with E-state index in [1.807, 2.05) is 6.07 Å². The highest BCUT2D eigenvalue weighted by atomic mass is 19.1. The summed E-state index contributed by atoms with van der Waals surface area (Å²) >= 11 is 0. The average Bonchev–Trinajstić information content (AvgIpc) is 2.34. The molecule has 2 atom stereocenters. The highest BCUT2D eigenvalue weighted by Crippen LogP contribution is 2.21. The van der Waals surface area contributed by atoms with Gasteiger partial charge < -0.3 is 11.1 Å². The number of nitrogens with one attached hydrogen (secondary N) is 1. The Labute approximate surface area is 102 Å². The van der Waals surface area contributed by atoms with Crippen molar-refractivity contribution in [1.29, 1.82) is 0 Å². The number of piperidine rings is 1. The Bertz CT molecular complexity index is 372. The first-order valence-corrected chi connectivity index (χ1v) is 6.42. The van der Waals surface area contributed by atoms with Crippen LogP contribution in [0.2, 0.25) is 0 Å². The van der Waals surface area contributed by atoms with E-state index in [9.17, 15) is 4.39 Å². The molecule has 0 spiro atoms. The van der Waals surface area contributed by atoms with Gasteiger partial charge in [-0.2, -0.15) is 0 Å². The smallest absolute Gasteiger partial charge is 0.126 e. The maximum atomic E-state index is 13.2. The van der Waals surface area contributed by atoms with Crippen LogP contribution in [0.5, 0.6) is 0 Å². The van der Waals surface area contributed by atoms with Gasteiger partial charge in [-0.15, -0.1) is 0 Å². The number of halogens is 1. The van der Waals surface area contributed by atoms with Crippen LogP contribution in [0, 0.1) is 12.7 Å². The molecular formula is C14H21FN2. The monoisotopic (exact) mass is 236 g/mol. The van der Waals surface area contributed by atoms with Gasteiger partial charge in [-0.05, 0) is 49.9 Å². The minimum absolute atomic E-state index is 0.00454. The topological polar surface area (TPSA) is 38.0 Å². The molecule has 0 bridgehead atoms. The van der Waals surface area contributed by atoms with Crippen LogP contribution in [0.3, 0.4) is 0 Å². The molecule has 0 aliphatic carbocycles. The Morgan fingerprint density at radius 1 is 1.47 bits per heavy atom. The number of rotatable bonds is 3. The summed E-state index contributed by atoms with van der Waals surface area (Å²) in [5.41, 5.74) is 7.90. The highest BCUT2D eigenvalue weighted by molar-refractivity contribution is 5.26. The third-order valence-electron chi connectivity index (χ3n) is 3.56. The van der Waals surface area contributed by atoms with Gasteiger partial charge in [0.1, 0.15) is 5.82 Å². The van der Waals surface area contributed by atoms with Gasteiger partial charge in [0, 0.05) is 12.1 Å². The summed E-state index contributed by atoms with van der Waals surface area (Å²) in [6.45, 7) is 2.88. The van der Waals surface area contributed by atoms with Crippen LogP contribution in [0.4, 0.5) is 4.39 Å². The molecule has 0 radical (unpaired) electrons. The Balaban J connectivity index is 1.98. The van der Waals surface area contributed by atoms with Crippen molar-refractivity contribution in [3.05, 3.63) is 35.1 Å². The summed E-state index contributed by atoms with van der Waals surface area (Å²) in [6.07, 6.45) is 4.69. The Kier molecular flexibility index (Phi) is 4.13. The predicted molar refractivity (Wildman–Crippen MR) is 68.3 cm³/mol. The van der Waals surface area contributed by atoms with E-state index in [-0.39, 0.29) is 11.9 Å². The zero-order chi connectivity index (χ0) is 12.3. The molecule has 2 nitrogen and oxygen atoms in total. The van der Waals surface area contributed by atoms with Gasteiger partial charge >= 0.3 is 0 Å². The van der Waals surface area contributed by atoms with E-state index < -0.39 is 0 Å². The summed E-state index contributed by atoms with van der Waals surface area (Å²) in [6, 6.07) is 5.70. The van der Waals surface area contributed by atoms with Crippen molar-refractivity contribution < 1.29 is 4.39 Å². The molecule has 1 fully saturated rings. The van der Waals surface area contributed by atoms with Gasteiger partial charge in [0.25, 0.3) is 0 Å². The SMILES string of the molecule is Cc1cc(C(N)CC2CCCCN2)ccc1F. The van der Waals surface area contributed by atoms with Crippen molar-refractivity contribution >= 4 is 0 Å². The van der Waals surface area contributed by atoms with Gasteiger partial charge in [0.15, 0.2) is 0 Å². The molecule has 3 heteroatoms. The van der Waals surface area contributed by atoms with Gasteiger partial charge in [-0.3, -0.25) is 0 Å². The lowest BCUT2D eigenvalue weighted by atomic mass is 9.94. The number of hydrogen-bond donors (Lipinski definition) is 2. The van der Waals surface area contributed by atoms with Crippen molar-refractivity contribution in [2.45, 2.75) is 44.7 Å². The van der Waals surface area contributed by atoms with Crippen molar-refractivity contribution in [2.75, 3.05) is 6.54 Å². The molecule has 1 aliphatic rings. The lowest BCUT2D eigenvalue weighted by Gasteiger charge is -2.26. The standard InChI is InChI=1S/C14H21FN2/c1-10-8-11(5-6-13(10)15)14(16)9-12-4-2-3-7-17-12/h5-6,8,12,14,17H,2-4,7,9,16H2,1H3. The van der Waals surface area contributed by atoms with Crippen molar-refractivity contribution in [2.24, 2.45) is 5.73 Å². The van der Waals surface area contributed by atoms with Gasteiger partial charge in [0.2, 0.25) is 0 Å². The van der Waals surface area contributed by atoms with Gasteiger partial charge in [-0.1, -0.05) is 18.6 Å². The molecular weight excluding hydrogens is 215 g/mol. The van der Waals surface area contributed by atoms with Crippen LogP contribution >= 0.6 is 0 Å². The summed E-state index contributed by atoms with van der Waals surface area (Å²) in [5.74, 6) is -0.156. The third kappa shape index (κ3) is 3.27. The van der Waals surface area contributed by atoms with E-state index in [4.69, 9.17) is 5.73 Å². The second kappa shape index (κ2) is 5.61. The molecule has 94 valence electrons. The Hall–Kier alpha value is -0.930. The normalized spacial score (nSPS) is 22.4. The third-order valence-corrected chi connectivity index (χ3v) is 3.56. The minimum Gasteiger partial charge on any atom is -0.324 e. The summed E-state index contributed by atoms with van der Waals surface area (Å²) in [5, 5.41) is 3.49. The number of benzene rings is 1. The molecule has 1 aromatic carbocycles. The first-order chi connectivity index (χ1) is 8.16. The van der Waals surface area contributed by atoms with Crippen LogP contribution in [-0.2, 0) is 0 Å². The van der Waals surface area contributed by atoms with Crippen LogP contribution in [0.1, 0.15) is 42.9 Å². The molecule has 1 aromatic rings. The summed E-state index contributed by atoms with van der Waals surface area (Å²) in [4.78, 5) is 0. The minimum atomic E-state index is -0.156. The fourth-order valence-electron chi connectivity index (χ4n) is 2.47. The molecule has 1 heterocycles. The molecule has 0 saturated carbocycles. The van der Waals surface area contributed by atoms with Gasteiger partial charge in [-0.25, -0.2) is 4.39 Å². The van der Waals surface area contributed by atoms with Crippen molar-refractivity contribution in [1.82, 2.24) is 5.32 Å². The first-order valence-electron chi connectivity index (χ1n) is 6.42. The molecule has 0 amide bonds. The zero-order valence-corrected chi connectivity index (χ0v) is 10.4. The summed E-state index contributed by atoms with van der Waals surface area (Å²) in [7, 11) is 0. The highest BCUT2D eigenvalue weighted by Gasteiger charge is 2.17. The van der Waals surface area contributed by atoms with Crippen LogP contribution < -0.4 is 11.1 Å². The number of nitrogens with two attached hydrogens (primary N) is 1. The van der Waals surface area contributed by atoms with Crippen molar-refractivity contribution in [3.63, 3.8) is 0 Å². The predicted octanol–water partition coefficient (Wildman–Crippen LogP) is 2.67. The first kappa shape index (κ1) is 12.5. The molecule has 1 aliphatic heterocycles. The van der Waals surface area contributed by atoms with E-state index in [2.05, 4.69) is 5.32 Å². The Morgan fingerprint density at radius 2 is 2.29 bits per heavy atom. The molecule has 1 saturated heterocycles. The Morgan fingerprint density at radius 3 is 2.94 bits per heavy atom. The maximum Gasteiger partial charge on any atom is 0.126 e. The van der Waals surface area contributed by atoms with Gasteiger partial charge in [0.05, 0.1) is 0 Å². The number of hydrogen-bond acceptors (Lipinski definition) is 2. The van der Waals surface area contributed by atoms with E-state index in [0.29, 0.717) is 11.6 Å². The van der Waals surface area contributed by atoms with Crippen LogP contribution in [0.15, 0.2) is 18.2 Å². The second-order valence-corrected chi connectivity index (χ2v) is 5.00. The van der Waals surface area contributed by atoms with E-state index in [0.717, 1.165) is 18.5 Å². The fourth-order valence-corrected chi connectivity index (χ4v) is 2.47. The van der Waals surface area contributed by atoms with Crippen LogP contribution in [-0.4, -0.2) is 12.6 Å². The molecule has 2 unspecified atom stereocenters. The number of aryl methyl sites for hydroxylation is 1. The summed E-state index contributed by atoms with van der Waals surface area (Å²) < 4.78 is 13.2. The second-order valence-electron chi connectivity index (χ2n) is 5.00. The maximum absolute atomic E-state index is 13.2. The van der Waals surface area contributed by atoms with E-state index >= 15 is 0 Å². The quantitative estimate of drug-likeness (QED) is 0.846. The van der Waals surface area contributed by atoms with Crippen LogP contribution in [0.25, 0.3) is 0 Å².